The van der Waals surface area contributed by atoms with E-state index in [2.05, 4.69) is 17.2 Å². The smallest absolute Gasteiger partial charge is 0.105 e. The summed E-state index contributed by atoms with van der Waals surface area (Å²) in [4.78, 5) is 4.24. The average Bonchev–Trinajstić information content (AvgIpc) is 2.81. The van der Waals surface area contributed by atoms with Crippen LogP contribution in [-0.4, -0.2) is 11.0 Å². The number of aromatic nitrogens is 1. The summed E-state index contributed by atoms with van der Waals surface area (Å²) in [6.45, 7) is 2.86. The van der Waals surface area contributed by atoms with Crippen molar-refractivity contribution in [1.29, 1.82) is 0 Å². The van der Waals surface area contributed by atoms with E-state index in [-0.39, 0.29) is 0 Å². The Labute approximate surface area is 101 Å². The molecule has 0 aliphatic carbocycles. The lowest BCUT2D eigenvalue weighted by Gasteiger charge is -2.11. The van der Waals surface area contributed by atoms with Crippen molar-refractivity contribution in [2.75, 3.05) is 5.73 Å². The molecule has 2 aromatic rings. The largest absolute Gasteiger partial charge is 0.469 e. The van der Waals surface area contributed by atoms with Gasteiger partial charge in [-0.3, -0.25) is 4.98 Å². The van der Waals surface area contributed by atoms with Gasteiger partial charge in [0.25, 0.3) is 0 Å². The van der Waals surface area contributed by atoms with Crippen LogP contribution < -0.4 is 11.1 Å². The SMILES string of the molecule is CC(Cc1ccco1)NCc1ccc(N)cn1. The maximum Gasteiger partial charge on any atom is 0.105 e. The van der Waals surface area contributed by atoms with Gasteiger partial charge in [-0.15, -0.1) is 0 Å². The molecular formula is C13H17N3O. The van der Waals surface area contributed by atoms with Gasteiger partial charge in [0.2, 0.25) is 0 Å². The molecule has 2 heterocycles. The number of nitrogens with zero attached hydrogens (tertiary/aromatic N) is 1. The highest BCUT2D eigenvalue weighted by atomic mass is 16.3. The molecule has 0 radical (unpaired) electrons. The summed E-state index contributed by atoms with van der Waals surface area (Å²) in [6, 6.07) is 8.03. The molecule has 17 heavy (non-hydrogen) atoms. The maximum absolute atomic E-state index is 5.58. The zero-order valence-electron chi connectivity index (χ0n) is 9.89. The number of furan rings is 1. The second-order valence-corrected chi connectivity index (χ2v) is 4.15. The molecule has 4 nitrogen and oxygen atoms in total. The van der Waals surface area contributed by atoms with Gasteiger partial charge in [0.1, 0.15) is 5.76 Å². The molecule has 0 aliphatic rings. The van der Waals surface area contributed by atoms with Crippen molar-refractivity contribution in [2.45, 2.75) is 25.9 Å². The van der Waals surface area contributed by atoms with Gasteiger partial charge in [0, 0.05) is 19.0 Å². The Morgan fingerprint density at radius 1 is 1.41 bits per heavy atom. The van der Waals surface area contributed by atoms with Gasteiger partial charge in [0.05, 0.1) is 23.8 Å². The van der Waals surface area contributed by atoms with Gasteiger partial charge in [0.15, 0.2) is 0 Å². The van der Waals surface area contributed by atoms with Gasteiger partial charge in [-0.05, 0) is 31.2 Å². The molecule has 0 spiro atoms. The predicted octanol–water partition coefficient (Wildman–Crippen LogP) is 1.98. The van der Waals surface area contributed by atoms with E-state index in [1.165, 1.54) is 0 Å². The number of anilines is 1. The number of pyridine rings is 1. The number of hydrogen-bond donors (Lipinski definition) is 2. The number of nitrogens with two attached hydrogens (primary N) is 1. The lowest BCUT2D eigenvalue weighted by molar-refractivity contribution is 0.455. The van der Waals surface area contributed by atoms with Crippen LogP contribution in [0.5, 0.6) is 0 Å². The monoisotopic (exact) mass is 231 g/mol. The molecule has 3 N–H and O–H groups in total. The second-order valence-electron chi connectivity index (χ2n) is 4.15. The second kappa shape index (κ2) is 5.50. The van der Waals surface area contributed by atoms with Gasteiger partial charge in [-0.2, -0.15) is 0 Å². The summed E-state index contributed by atoms with van der Waals surface area (Å²) in [7, 11) is 0. The molecule has 90 valence electrons. The van der Waals surface area contributed by atoms with Crippen LogP contribution in [0.25, 0.3) is 0 Å². The van der Waals surface area contributed by atoms with Crippen molar-refractivity contribution < 1.29 is 4.42 Å². The summed E-state index contributed by atoms with van der Waals surface area (Å²) in [5, 5.41) is 3.39. The normalized spacial score (nSPS) is 12.5. The first-order chi connectivity index (χ1) is 8.24. The van der Waals surface area contributed by atoms with E-state index in [0.717, 1.165) is 24.4 Å². The van der Waals surface area contributed by atoms with Crippen molar-refractivity contribution in [3.8, 4) is 0 Å². The van der Waals surface area contributed by atoms with Crippen molar-refractivity contribution >= 4 is 5.69 Å². The molecular weight excluding hydrogens is 214 g/mol. The molecule has 1 unspecified atom stereocenters. The Hall–Kier alpha value is -1.81. The third-order valence-corrected chi connectivity index (χ3v) is 2.57. The summed E-state index contributed by atoms with van der Waals surface area (Å²) in [5.41, 5.74) is 7.26. The fourth-order valence-electron chi connectivity index (χ4n) is 1.62. The fourth-order valence-corrected chi connectivity index (χ4v) is 1.62. The van der Waals surface area contributed by atoms with Crippen molar-refractivity contribution in [1.82, 2.24) is 10.3 Å². The summed E-state index contributed by atoms with van der Waals surface area (Å²) < 4.78 is 5.30. The number of nitrogen functional groups attached to an aromatic ring is 1. The van der Waals surface area contributed by atoms with E-state index < -0.39 is 0 Å². The lowest BCUT2D eigenvalue weighted by atomic mass is 10.2. The lowest BCUT2D eigenvalue weighted by Crippen LogP contribution is -2.27. The molecule has 0 aromatic carbocycles. The van der Waals surface area contributed by atoms with Crippen LogP contribution in [-0.2, 0) is 13.0 Å². The first-order valence-electron chi connectivity index (χ1n) is 5.70. The van der Waals surface area contributed by atoms with Crippen LogP contribution in [0.15, 0.2) is 41.1 Å². The van der Waals surface area contributed by atoms with Crippen molar-refractivity contribution in [3.05, 3.63) is 48.2 Å². The van der Waals surface area contributed by atoms with E-state index in [1.807, 2.05) is 24.3 Å². The first-order valence-corrected chi connectivity index (χ1v) is 5.70. The summed E-state index contributed by atoms with van der Waals surface area (Å²) in [5.74, 6) is 0.996. The Balaban J connectivity index is 1.79. The number of nitrogens with one attached hydrogen (secondary N) is 1. The zero-order chi connectivity index (χ0) is 12.1. The third kappa shape index (κ3) is 3.60. The van der Waals surface area contributed by atoms with Crippen LogP contribution >= 0.6 is 0 Å². The van der Waals surface area contributed by atoms with Gasteiger partial charge in [-0.1, -0.05) is 0 Å². The van der Waals surface area contributed by atoms with E-state index in [1.54, 1.807) is 12.5 Å². The molecule has 2 rings (SSSR count). The average molecular weight is 231 g/mol. The standard InChI is InChI=1S/C13H17N3O/c1-10(7-13-3-2-6-17-13)15-9-12-5-4-11(14)8-16-12/h2-6,8,10,15H,7,9,14H2,1H3. The zero-order valence-corrected chi connectivity index (χ0v) is 9.89. The maximum atomic E-state index is 5.58. The van der Waals surface area contributed by atoms with E-state index in [4.69, 9.17) is 10.2 Å². The van der Waals surface area contributed by atoms with Gasteiger partial charge in [-0.25, -0.2) is 0 Å². The first kappa shape index (κ1) is 11.7. The molecule has 0 saturated heterocycles. The van der Waals surface area contributed by atoms with E-state index >= 15 is 0 Å². The van der Waals surface area contributed by atoms with Crippen molar-refractivity contribution in [3.63, 3.8) is 0 Å². The number of hydrogen-bond acceptors (Lipinski definition) is 4. The molecule has 2 aromatic heterocycles. The molecule has 0 bridgehead atoms. The van der Waals surface area contributed by atoms with Crippen LogP contribution in [0.4, 0.5) is 5.69 Å². The van der Waals surface area contributed by atoms with Gasteiger partial charge >= 0.3 is 0 Å². The van der Waals surface area contributed by atoms with Gasteiger partial charge < -0.3 is 15.5 Å². The predicted molar refractivity (Wildman–Crippen MR) is 67.4 cm³/mol. The molecule has 4 heteroatoms. The Bertz CT molecular complexity index is 436. The molecule has 0 saturated carbocycles. The number of rotatable bonds is 5. The minimum Gasteiger partial charge on any atom is -0.469 e. The topological polar surface area (TPSA) is 64.1 Å². The molecule has 0 aliphatic heterocycles. The molecule has 0 amide bonds. The van der Waals surface area contributed by atoms with E-state index in [9.17, 15) is 0 Å². The summed E-state index contributed by atoms with van der Waals surface area (Å²) >= 11 is 0. The highest BCUT2D eigenvalue weighted by molar-refractivity contribution is 5.34. The Kier molecular flexibility index (Phi) is 3.77. The van der Waals surface area contributed by atoms with E-state index in [0.29, 0.717) is 11.7 Å². The fraction of sp³-hybridized carbons (Fsp3) is 0.308. The summed E-state index contributed by atoms with van der Waals surface area (Å²) in [6.07, 6.45) is 4.25. The Morgan fingerprint density at radius 2 is 2.29 bits per heavy atom. The Morgan fingerprint density at radius 3 is 2.94 bits per heavy atom. The van der Waals surface area contributed by atoms with Crippen LogP contribution in [0.1, 0.15) is 18.4 Å². The quantitative estimate of drug-likeness (QED) is 0.825. The molecule has 1 atom stereocenters. The third-order valence-electron chi connectivity index (χ3n) is 2.57. The van der Waals surface area contributed by atoms with Crippen molar-refractivity contribution in [2.24, 2.45) is 0 Å². The highest BCUT2D eigenvalue weighted by Crippen LogP contribution is 2.05. The molecule has 0 fully saturated rings. The minimum atomic E-state index is 0.348. The highest BCUT2D eigenvalue weighted by Gasteiger charge is 2.05. The van der Waals surface area contributed by atoms with Crippen LogP contribution in [0, 0.1) is 0 Å². The minimum absolute atomic E-state index is 0.348. The van der Waals surface area contributed by atoms with Crippen LogP contribution in [0.3, 0.4) is 0 Å². The van der Waals surface area contributed by atoms with Crippen LogP contribution in [0.2, 0.25) is 0 Å².